The fraction of sp³-hybridized carbons (Fsp3) is 0.429. The van der Waals surface area contributed by atoms with E-state index in [4.69, 9.17) is 10.5 Å². The molecule has 2 rings (SSSR count). The van der Waals surface area contributed by atoms with E-state index in [1.54, 1.807) is 25.3 Å². The van der Waals surface area contributed by atoms with E-state index < -0.39 is 10.0 Å². The summed E-state index contributed by atoms with van der Waals surface area (Å²) in [4.78, 5) is 3.22. The molecular formula is C14H21N3O3S. The number of fused-ring (bicyclic) bond motifs is 1. The molecule has 0 spiro atoms. The number of hydrogen-bond donors (Lipinski definition) is 2. The summed E-state index contributed by atoms with van der Waals surface area (Å²) in [6.45, 7) is 4.35. The predicted molar refractivity (Wildman–Crippen MR) is 83.6 cm³/mol. The molecule has 1 heterocycles. The van der Waals surface area contributed by atoms with Crippen LogP contribution < -0.4 is 5.73 Å². The zero-order valence-corrected chi connectivity index (χ0v) is 13.3. The summed E-state index contributed by atoms with van der Waals surface area (Å²) in [7, 11) is -2.05. The molecule has 3 N–H and O–H groups in total. The van der Waals surface area contributed by atoms with Gasteiger partial charge in [-0.25, -0.2) is 8.42 Å². The first-order valence-electron chi connectivity index (χ1n) is 6.75. The van der Waals surface area contributed by atoms with Gasteiger partial charge in [-0.3, -0.25) is 0 Å². The van der Waals surface area contributed by atoms with E-state index >= 15 is 0 Å². The number of nitrogens with two attached hydrogens (primary N) is 1. The molecule has 1 aromatic carbocycles. The van der Waals surface area contributed by atoms with Crippen LogP contribution in [0.1, 0.15) is 13.8 Å². The van der Waals surface area contributed by atoms with Crippen molar-refractivity contribution in [1.29, 1.82) is 0 Å². The first-order valence-corrected chi connectivity index (χ1v) is 8.19. The number of aromatic amines is 1. The molecule has 0 fully saturated rings. The normalized spacial score (nSPS) is 12.6. The molecule has 6 nitrogen and oxygen atoms in total. The number of ether oxygens (including phenoxy) is 1. The molecule has 2 aromatic rings. The van der Waals surface area contributed by atoms with Crippen molar-refractivity contribution < 1.29 is 13.2 Å². The Hall–Kier alpha value is -1.57. The van der Waals surface area contributed by atoms with Gasteiger partial charge in [-0.05, 0) is 32.0 Å². The largest absolute Gasteiger partial charge is 0.399 e. The molecule has 0 bridgehead atoms. The molecule has 0 saturated carbocycles. The van der Waals surface area contributed by atoms with E-state index in [-0.39, 0.29) is 10.9 Å². The number of nitrogen functional groups attached to an aromatic ring is 1. The molecule has 0 atom stereocenters. The number of hydrogen-bond acceptors (Lipinski definition) is 4. The third-order valence-electron chi connectivity index (χ3n) is 3.35. The van der Waals surface area contributed by atoms with Crippen LogP contribution in [-0.2, 0) is 14.8 Å². The first-order chi connectivity index (χ1) is 9.87. The van der Waals surface area contributed by atoms with Gasteiger partial charge in [0.15, 0.2) is 0 Å². The predicted octanol–water partition coefficient (Wildman–Crippen LogP) is 1.80. The number of nitrogens with zero attached hydrogens (tertiary/aromatic N) is 1. The third-order valence-corrected chi connectivity index (χ3v) is 5.46. The number of aromatic nitrogens is 1. The maximum absolute atomic E-state index is 12.9. The van der Waals surface area contributed by atoms with Gasteiger partial charge >= 0.3 is 0 Å². The SMILES string of the molecule is COCCN(C(C)C)S(=O)(=O)c1c[nH]c2ccc(N)cc12. The van der Waals surface area contributed by atoms with Crippen LogP contribution >= 0.6 is 0 Å². The van der Waals surface area contributed by atoms with Crippen molar-refractivity contribution in [3.05, 3.63) is 24.4 Å². The topological polar surface area (TPSA) is 88.4 Å². The van der Waals surface area contributed by atoms with Crippen molar-refractivity contribution in [1.82, 2.24) is 9.29 Å². The monoisotopic (exact) mass is 311 g/mol. The highest BCUT2D eigenvalue weighted by atomic mass is 32.2. The van der Waals surface area contributed by atoms with Gasteiger partial charge in [0, 0.05) is 42.5 Å². The smallest absolute Gasteiger partial charge is 0.245 e. The van der Waals surface area contributed by atoms with Crippen molar-refractivity contribution in [2.24, 2.45) is 0 Å². The summed E-state index contributed by atoms with van der Waals surface area (Å²) < 4.78 is 32.2. The molecule has 116 valence electrons. The van der Waals surface area contributed by atoms with E-state index in [1.807, 2.05) is 13.8 Å². The minimum absolute atomic E-state index is 0.156. The average Bonchev–Trinajstić information content (AvgIpc) is 2.82. The molecule has 21 heavy (non-hydrogen) atoms. The van der Waals surface area contributed by atoms with E-state index in [9.17, 15) is 8.42 Å². The third kappa shape index (κ3) is 3.04. The number of H-pyrrole nitrogens is 1. The van der Waals surface area contributed by atoms with E-state index in [0.29, 0.717) is 24.2 Å². The van der Waals surface area contributed by atoms with Gasteiger partial charge in [0.25, 0.3) is 0 Å². The number of methoxy groups -OCH3 is 1. The highest BCUT2D eigenvalue weighted by Gasteiger charge is 2.29. The number of rotatable bonds is 6. The number of anilines is 1. The summed E-state index contributed by atoms with van der Waals surface area (Å²) in [5.74, 6) is 0. The Morgan fingerprint density at radius 2 is 2.10 bits per heavy atom. The van der Waals surface area contributed by atoms with Gasteiger partial charge in [-0.2, -0.15) is 4.31 Å². The van der Waals surface area contributed by atoms with E-state index in [0.717, 1.165) is 5.52 Å². The lowest BCUT2D eigenvalue weighted by molar-refractivity contribution is 0.171. The average molecular weight is 311 g/mol. The zero-order valence-electron chi connectivity index (χ0n) is 12.5. The fourth-order valence-electron chi connectivity index (χ4n) is 2.29. The summed E-state index contributed by atoms with van der Waals surface area (Å²) in [6, 6.07) is 5.03. The minimum Gasteiger partial charge on any atom is -0.399 e. The Kier molecular flexibility index (Phi) is 4.55. The number of nitrogens with one attached hydrogen (secondary N) is 1. The molecular weight excluding hydrogens is 290 g/mol. The van der Waals surface area contributed by atoms with Crippen molar-refractivity contribution in [3.8, 4) is 0 Å². The van der Waals surface area contributed by atoms with Crippen molar-refractivity contribution in [3.63, 3.8) is 0 Å². The molecule has 7 heteroatoms. The molecule has 0 radical (unpaired) electrons. The standard InChI is InChI=1S/C14H21N3O3S/c1-10(2)17(6-7-20-3)21(18,19)14-9-16-13-5-4-11(15)8-12(13)14/h4-5,8-10,16H,6-7,15H2,1-3H3. The maximum Gasteiger partial charge on any atom is 0.245 e. The quantitative estimate of drug-likeness (QED) is 0.796. The van der Waals surface area contributed by atoms with Crippen LogP contribution in [-0.4, -0.2) is 44.0 Å². The Morgan fingerprint density at radius 1 is 1.38 bits per heavy atom. The fourth-order valence-corrected chi connectivity index (χ4v) is 4.07. The van der Waals surface area contributed by atoms with Crippen LogP contribution in [0.4, 0.5) is 5.69 Å². The number of sulfonamides is 1. The summed E-state index contributed by atoms with van der Waals surface area (Å²) >= 11 is 0. The van der Waals surface area contributed by atoms with Gasteiger partial charge in [0.1, 0.15) is 4.90 Å². The van der Waals surface area contributed by atoms with Crippen LogP contribution in [0.15, 0.2) is 29.3 Å². The molecule has 0 aliphatic carbocycles. The van der Waals surface area contributed by atoms with E-state index in [2.05, 4.69) is 4.98 Å². The van der Waals surface area contributed by atoms with Gasteiger partial charge in [0.05, 0.1) is 6.61 Å². The molecule has 0 aliphatic rings. The lowest BCUT2D eigenvalue weighted by Crippen LogP contribution is -2.39. The summed E-state index contributed by atoms with van der Waals surface area (Å²) in [6.07, 6.45) is 1.52. The Labute approximate surface area is 124 Å². The lowest BCUT2D eigenvalue weighted by atomic mass is 10.2. The molecule has 0 unspecified atom stereocenters. The Morgan fingerprint density at radius 3 is 2.71 bits per heavy atom. The first kappa shape index (κ1) is 15.8. The summed E-state index contributed by atoms with van der Waals surface area (Å²) in [5, 5.41) is 0.609. The highest BCUT2D eigenvalue weighted by Crippen LogP contribution is 2.28. The molecule has 0 amide bonds. The van der Waals surface area contributed by atoms with Gasteiger partial charge in [-0.1, -0.05) is 0 Å². The molecule has 0 saturated heterocycles. The Bertz CT molecular complexity index is 722. The lowest BCUT2D eigenvalue weighted by Gasteiger charge is -2.25. The zero-order chi connectivity index (χ0) is 15.6. The van der Waals surface area contributed by atoms with Crippen LogP contribution in [0.2, 0.25) is 0 Å². The van der Waals surface area contributed by atoms with Crippen molar-refractivity contribution in [2.45, 2.75) is 24.8 Å². The highest BCUT2D eigenvalue weighted by molar-refractivity contribution is 7.89. The Balaban J connectivity index is 2.51. The molecule has 1 aromatic heterocycles. The van der Waals surface area contributed by atoms with E-state index in [1.165, 1.54) is 10.5 Å². The van der Waals surface area contributed by atoms with Crippen LogP contribution in [0, 0.1) is 0 Å². The maximum atomic E-state index is 12.9. The van der Waals surface area contributed by atoms with Crippen LogP contribution in [0.25, 0.3) is 10.9 Å². The van der Waals surface area contributed by atoms with Gasteiger partial charge in [0.2, 0.25) is 10.0 Å². The molecule has 0 aliphatic heterocycles. The van der Waals surface area contributed by atoms with Gasteiger partial charge in [-0.15, -0.1) is 0 Å². The van der Waals surface area contributed by atoms with Crippen LogP contribution in [0.5, 0.6) is 0 Å². The minimum atomic E-state index is -3.61. The summed E-state index contributed by atoms with van der Waals surface area (Å²) in [5.41, 5.74) is 7.05. The van der Waals surface area contributed by atoms with Crippen LogP contribution in [0.3, 0.4) is 0 Å². The van der Waals surface area contributed by atoms with Gasteiger partial charge < -0.3 is 15.5 Å². The van der Waals surface area contributed by atoms with Crippen molar-refractivity contribution >= 4 is 26.6 Å². The second-order valence-electron chi connectivity index (χ2n) is 5.16. The second kappa shape index (κ2) is 6.05. The van der Waals surface area contributed by atoms with Crippen molar-refractivity contribution in [2.75, 3.05) is 26.0 Å². The number of benzene rings is 1. The second-order valence-corrected chi connectivity index (χ2v) is 7.02.